The lowest BCUT2D eigenvalue weighted by Crippen LogP contribution is -2.49. The molecule has 0 saturated heterocycles. The van der Waals surface area contributed by atoms with Crippen LogP contribution >= 0.6 is 0 Å². The van der Waals surface area contributed by atoms with Gasteiger partial charge in [0.15, 0.2) is 6.04 Å². The van der Waals surface area contributed by atoms with Gasteiger partial charge in [0, 0.05) is 13.2 Å². The molecule has 7 nitrogen and oxygen atoms in total. The standard InChI is InChI=1S/C15H17N5O2/c21-9-5-4-8-20-10-16-12-13(20)18-15(19-14(12)22)17-11-6-2-1-3-7-11/h1-3,6-7,10,12,21H,4-5,8-9H2,(H,17,19,22). The molecular weight excluding hydrogens is 282 g/mol. The molecule has 114 valence electrons. The second kappa shape index (κ2) is 6.48. The van der Waals surface area contributed by atoms with Gasteiger partial charge in [0.1, 0.15) is 5.84 Å². The van der Waals surface area contributed by atoms with Crippen LogP contribution < -0.4 is 5.32 Å². The highest BCUT2D eigenvalue weighted by Gasteiger charge is 2.36. The van der Waals surface area contributed by atoms with Crippen LogP contribution in [0.3, 0.4) is 0 Å². The number of hydrogen-bond acceptors (Lipinski definition) is 5. The molecule has 2 aliphatic heterocycles. The van der Waals surface area contributed by atoms with Gasteiger partial charge in [0.2, 0.25) is 5.96 Å². The number of nitrogens with zero attached hydrogens (tertiary/aromatic N) is 4. The molecule has 0 saturated carbocycles. The van der Waals surface area contributed by atoms with Crippen LogP contribution in [0.1, 0.15) is 12.8 Å². The zero-order valence-electron chi connectivity index (χ0n) is 12.0. The number of nitrogens with one attached hydrogen (secondary N) is 1. The van der Waals surface area contributed by atoms with E-state index >= 15 is 0 Å². The fourth-order valence-electron chi connectivity index (χ4n) is 2.30. The highest BCUT2D eigenvalue weighted by Crippen LogP contribution is 2.16. The molecule has 0 bridgehead atoms. The molecule has 22 heavy (non-hydrogen) atoms. The Kier molecular flexibility index (Phi) is 4.24. The van der Waals surface area contributed by atoms with E-state index in [0.717, 1.165) is 12.1 Å². The smallest absolute Gasteiger partial charge is 0.259 e. The van der Waals surface area contributed by atoms with E-state index in [-0.39, 0.29) is 18.5 Å². The second-order valence-electron chi connectivity index (χ2n) is 5.02. The van der Waals surface area contributed by atoms with Gasteiger partial charge in [0.05, 0.1) is 12.0 Å². The fourth-order valence-corrected chi connectivity index (χ4v) is 2.30. The summed E-state index contributed by atoms with van der Waals surface area (Å²) >= 11 is 0. The molecular formula is C15H17N5O2. The number of rotatable bonds is 5. The van der Waals surface area contributed by atoms with Crippen LogP contribution in [0.4, 0.5) is 5.69 Å². The monoisotopic (exact) mass is 299 g/mol. The molecule has 0 spiro atoms. The highest BCUT2D eigenvalue weighted by atomic mass is 16.3. The summed E-state index contributed by atoms with van der Waals surface area (Å²) in [6, 6.07) is 8.74. The third kappa shape index (κ3) is 3.04. The molecule has 1 unspecified atom stereocenters. The van der Waals surface area contributed by atoms with Crippen LogP contribution in [-0.4, -0.2) is 53.2 Å². The molecule has 1 aromatic carbocycles. The maximum atomic E-state index is 12.1. The highest BCUT2D eigenvalue weighted by molar-refractivity contribution is 6.23. The minimum absolute atomic E-state index is 0.155. The van der Waals surface area contributed by atoms with Crippen molar-refractivity contribution in [2.75, 3.05) is 13.2 Å². The van der Waals surface area contributed by atoms with E-state index in [1.807, 2.05) is 35.2 Å². The topological polar surface area (TPSA) is 89.7 Å². The predicted molar refractivity (Wildman–Crippen MR) is 84.4 cm³/mol. The first-order valence-corrected chi connectivity index (χ1v) is 7.22. The first-order chi connectivity index (χ1) is 10.8. The maximum absolute atomic E-state index is 12.1. The van der Waals surface area contributed by atoms with Crippen molar-refractivity contribution in [3.8, 4) is 0 Å². The second-order valence-corrected chi connectivity index (χ2v) is 5.02. The number of carbonyl (C=O) groups excluding carboxylic acids is 1. The quantitative estimate of drug-likeness (QED) is 0.784. The van der Waals surface area contributed by atoms with E-state index in [1.54, 1.807) is 6.34 Å². The Bertz CT molecular complexity index is 639. The van der Waals surface area contributed by atoms with Gasteiger partial charge < -0.3 is 10.0 Å². The van der Waals surface area contributed by atoms with Crippen molar-refractivity contribution in [3.05, 3.63) is 30.3 Å². The van der Waals surface area contributed by atoms with Gasteiger partial charge in [-0.25, -0.2) is 4.99 Å². The zero-order chi connectivity index (χ0) is 15.4. The van der Waals surface area contributed by atoms with Crippen LogP contribution in [0.2, 0.25) is 0 Å². The Morgan fingerprint density at radius 2 is 2.09 bits per heavy atom. The minimum atomic E-state index is -0.594. The number of unbranched alkanes of at least 4 members (excludes halogenated alkanes) is 1. The maximum Gasteiger partial charge on any atom is 0.259 e. The number of hydrogen-bond donors (Lipinski definition) is 2. The Morgan fingerprint density at radius 3 is 2.86 bits per heavy atom. The molecule has 2 aliphatic rings. The number of guanidine groups is 1. The van der Waals surface area contributed by atoms with Gasteiger partial charge in [-0.1, -0.05) is 18.2 Å². The summed E-state index contributed by atoms with van der Waals surface area (Å²) in [5, 5.41) is 11.5. The summed E-state index contributed by atoms with van der Waals surface area (Å²) in [6.07, 6.45) is 3.15. The third-order valence-electron chi connectivity index (χ3n) is 3.40. The zero-order valence-corrected chi connectivity index (χ0v) is 12.0. The Hall–Kier alpha value is -2.54. The molecule has 0 radical (unpaired) electrons. The number of amidine groups is 1. The summed E-state index contributed by atoms with van der Waals surface area (Å²) < 4.78 is 0. The molecule has 0 aromatic heterocycles. The molecule has 2 N–H and O–H groups in total. The molecule has 0 fully saturated rings. The Morgan fingerprint density at radius 1 is 1.27 bits per heavy atom. The minimum Gasteiger partial charge on any atom is -0.396 e. The average molecular weight is 299 g/mol. The van der Waals surface area contributed by atoms with Crippen LogP contribution in [-0.2, 0) is 4.79 Å². The number of carbonyl (C=O) groups is 1. The number of aliphatic imine (C=N–C) groups is 3. The van der Waals surface area contributed by atoms with Crippen LogP contribution in [0.5, 0.6) is 0 Å². The number of benzene rings is 1. The van der Waals surface area contributed by atoms with E-state index < -0.39 is 6.04 Å². The van der Waals surface area contributed by atoms with Crippen molar-refractivity contribution in [2.45, 2.75) is 18.9 Å². The van der Waals surface area contributed by atoms with Gasteiger partial charge in [0.25, 0.3) is 5.91 Å². The molecule has 3 rings (SSSR count). The number of aliphatic hydroxyl groups excluding tert-OH is 1. The van der Waals surface area contributed by atoms with Crippen molar-refractivity contribution < 1.29 is 9.90 Å². The van der Waals surface area contributed by atoms with Gasteiger partial charge in [-0.05, 0) is 25.0 Å². The van der Waals surface area contributed by atoms with Gasteiger partial charge >= 0.3 is 0 Å². The van der Waals surface area contributed by atoms with E-state index in [1.165, 1.54) is 0 Å². The van der Waals surface area contributed by atoms with E-state index in [2.05, 4.69) is 20.3 Å². The largest absolute Gasteiger partial charge is 0.396 e. The molecule has 2 heterocycles. The summed E-state index contributed by atoms with van der Waals surface area (Å²) in [5.74, 6) is 0.650. The first-order valence-electron chi connectivity index (χ1n) is 7.22. The predicted octanol–water partition coefficient (Wildman–Crippen LogP) is 0.687. The SMILES string of the molecule is O=C1NC(=Nc2ccccc2)N=C2C1N=CN2CCCCO. The van der Waals surface area contributed by atoms with Gasteiger partial charge in [-0.15, -0.1) is 0 Å². The van der Waals surface area contributed by atoms with Crippen LogP contribution in [0.15, 0.2) is 45.3 Å². The Labute approximate surface area is 128 Å². The third-order valence-corrected chi connectivity index (χ3v) is 3.40. The molecule has 0 aliphatic carbocycles. The lowest BCUT2D eigenvalue weighted by atomic mass is 10.2. The lowest BCUT2D eigenvalue weighted by molar-refractivity contribution is -0.119. The van der Waals surface area contributed by atoms with E-state index in [4.69, 9.17) is 5.11 Å². The first kappa shape index (κ1) is 14.4. The van der Waals surface area contributed by atoms with Gasteiger partial charge in [-0.3, -0.25) is 15.1 Å². The van der Waals surface area contributed by atoms with Crippen LogP contribution in [0, 0.1) is 0 Å². The number of para-hydroxylation sites is 1. The normalized spacial score (nSPS) is 21.8. The molecule has 1 aromatic rings. The Balaban J connectivity index is 1.81. The number of amides is 1. The van der Waals surface area contributed by atoms with E-state index in [0.29, 0.717) is 18.8 Å². The number of aliphatic hydroxyl groups is 1. The average Bonchev–Trinajstić information content (AvgIpc) is 2.92. The van der Waals surface area contributed by atoms with Crippen molar-refractivity contribution >= 4 is 29.7 Å². The summed E-state index contributed by atoms with van der Waals surface area (Å²) in [6.45, 7) is 0.827. The number of fused-ring (bicyclic) bond motifs is 1. The summed E-state index contributed by atoms with van der Waals surface area (Å²) in [5.41, 5.74) is 0.728. The lowest BCUT2D eigenvalue weighted by Gasteiger charge is -2.22. The molecule has 1 atom stereocenters. The molecule has 1 amide bonds. The van der Waals surface area contributed by atoms with Gasteiger partial charge in [-0.2, -0.15) is 4.99 Å². The van der Waals surface area contributed by atoms with E-state index in [9.17, 15) is 4.79 Å². The summed E-state index contributed by atoms with van der Waals surface area (Å²) in [7, 11) is 0. The van der Waals surface area contributed by atoms with Crippen molar-refractivity contribution in [1.29, 1.82) is 0 Å². The fraction of sp³-hybridized carbons (Fsp3) is 0.333. The van der Waals surface area contributed by atoms with Crippen LogP contribution in [0.25, 0.3) is 0 Å². The molecule has 7 heteroatoms. The van der Waals surface area contributed by atoms with Crippen molar-refractivity contribution in [3.63, 3.8) is 0 Å². The van der Waals surface area contributed by atoms with Crippen molar-refractivity contribution in [1.82, 2.24) is 10.2 Å². The van der Waals surface area contributed by atoms with Crippen molar-refractivity contribution in [2.24, 2.45) is 15.0 Å². The summed E-state index contributed by atoms with van der Waals surface area (Å²) in [4.78, 5) is 26.9.